The van der Waals surface area contributed by atoms with Crippen LogP contribution in [-0.4, -0.2) is 18.0 Å². The van der Waals surface area contributed by atoms with Gasteiger partial charge in [0.25, 0.3) is 5.91 Å². The number of halogens is 3. The number of rotatable bonds is 3. The van der Waals surface area contributed by atoms with Crippen molar-refractivity contribution in [3.05, 3.63) is 53.2 Å². The lowest BCUT2D eigenvalue weighted by Gasteiger charge is -2.12. The van der Waals surface area contributed by atoms with Crippen molar-refractivity contribution in [2.45, 2.75) is 6.18 Å². The minimum Gasteiger partial charge on any atom is -0.496 e. The highest BCUT2D eigenvalue weighted by Crippen LogP contribution is 2.41. The minimum atomic E-state index is -4.57. The number of nitrogens with zero attached hydrogens (tertiary/aromatic N) is 1. The highest BCUT2D eigenvalue weighted by atomic mass is 32.1. The molecule has 0 bridgehead atoms. The first-order valence-electron chi connectivity index (χ1n) is 6.78. The van der Waals surface area contributed by atoms with Gasteiger partial charge in [-0.2, -0.15) is 13.2 Å². The number of anilines is 1. The van der Waals surface area contributed by atoms with Gasteiger partial charge in [-0.15, -0.1) is 11.3 Å². The van der Waals surface area contributed by atoms with Crippen LogP contribution in [0.1, 0.15) is 15.9 Å². The van der Waals surface area contributed by atoms with E-state index in [2.05, 4.69) is 10.3 Å². The molecule has 1 amide bonds. The number of carbonyl (C=O) groups is 1. The van der Waals surface area contributed by atoms with Gasteiger partial charge in [0, 0.05) is 21.7 Å². The van der Waals surface area contributed by atoms with E-state index in [1.807, 2.05) is 0 Å². The molecular formula is C16H11F3N2O2S. The van der Waals surface area contributed by atoms with Gasteiger partial charge >= 0.3 is 6.18 Å². The molecule has 0 aliphatic carbocycles. The van der Waals surface area contributed by atoms with Crippen LogP contribution in [0.2, 0.25) is 0 Å². The van der Waals surface area contributed by atoms with Crippen LogP contribution in [-0.2, 0) is 6.18 Å². The Labute approximate surface area is 138 Å². The Morgan fingerprint density at radius 2 is 2.12 bits per heavy atom. The number of pyridine rings is 1. The second-order valence-corrected chi connectivity index (χ2v) is 5.80. The lowest BCUT2D eigenvalue weighted by molar-refractivity contribution is -0.138. The number of aromatic nitrogens is 1. The minimum absolute atomic E-state index is 0.173. The second kappa shape index (κ2) is 6.12. The molecule has 2 heterocycles. The first-order chi connectivity index (χ1) is 11.4. The van der Waals surface area contributed by atoms with Gasteiger partial charge in [-0.05, 0) is 24.3 Å². The summed E-state index contributed by atoms with van der Waals surface area (Å²) in [5.74, 6) is -0.761. The quantitative estimate of drug-likeness (QED) is 0.751. The maximum Gasteiger partial charge on any atom is 0.419 e. The Bertz CT molecular complexity index is 891. The Kier molecular flexibility index (Phi) is 4.15. The van der Waals surface area contributed by atoms with Crippen molar-refractivity contribution in [1.29, 1.82) is 0 Å². The SMILES string of the molecule is COc1cc2scc(C(=O)Nc3cccnc3)c2cc1C(F)(F)F. The van der Waals surface area contributed by atoms with Gasteiger partial charge in [-0.3, -0.25) is 9.78 Å². The molecule has 1 aromatic carbocycles. The number of amides is 1. The summed E-state index contributed by atoms with van der Waals surface area (Å²) in [5, 5.41) is 4.37. The van der Waals surface area contributed by atoms with Crippen LogP contribution in [0.25, 0.3) is 10.1 Å². The first-order valence-corrected chi connectivity index (χ1v) is 7.66. The molecule has 3 aromatic rings. The number of methoxy groups -OCH3 is 1. The van der Waals surface area contributed by atoms with Crippen molar-refractivity contribution in [3.8, 4) is 5.75 Å². The Hall–Kier alpha value is -2.61. The van der Waals surface area contributed by atoms with Crippen molar-refractivity contribution >= 4 is 33.0 Å². The molecule has 4 nitrogen and oxygen atoms in total. The summed E-state index contributed by atoms with van der Waals surface area (Å²) < 4.78 is 44.9. The summed E-state index contributed by atoms with van der Waals surface area (Å²) in [4.78, 5) is 16.2. The van der Waals surface area contributed by atoms with E-state index in [4.69, 9.17) is 4.74 Å². The molecular weight excluding hydrogens is 341 g/mol. The molecule has 0 atom stereocenters. The van der Waals surface area contributed by atoms with Gasteiger partial charge in [0.15, 0.2) is 0 Å². The van der Waals surface area contributed by atoms with Crippen LogP contribution in [0, 0.1) is 0 Å². The predicted octanol–water partition coefficient (Wildman–Crippen LogP) is 4.58. The van der Waals surface area contributed by atoms with Crippen LogP contribution in [0.4, 0.5) is 18.9 Å². The number of hydrogen-bond donors (Lipinski definition) is 1. The average molecular weight is 352 g/mol. The fraction of sp³-hybridized carbons (Fsp3) is 0.125. The van der Waals surface area contributed by atoms with Gasteiger partial charge in [-0.25, -0.2) is 0 Å². The van der Waals surface area contributed by atoms with Crippen LogP contribution >= 0.6 is 11.3 Å². The van der Waals surface area contributed by atoms with Gasteiger partial charge in [0.2, 0.25) is 0 Å². The summed E-state index contributed by atoms with van der Waals surface area (Å²) in [6, 6.07) is 5.53. The second-order valence-electron chi connectivity index (χ2n) is 4.89. The zero-order valence-corrected chi connectivity index (χ0v) is 13.2. The third-order valence-corrected chi connectivity index (χ3v) is 4.31. The standard InChI is InChI=1S/C16H11F3N2O2S/c1-23-13-6-14-10(5-12(13)16(17,18)19)11(8-24-14)15(22)21-9-3-2-4-20-7-9/h2-8H,1H3,(H,21,22). The molecule has 0 unspecified atom stereocenters. The molecule has 24 heavy (non-hydrogen) atoms. The third kappa shape index (κ3) is 3.05. The van der Waals surface area contributed by atoms with Gasteiger partial charge in [-0.1, -0.05) is 0 Å². The van der Waals surface area contributed by atoms with Crippen molar-refractivity contribution < 1.29 is 22.7 Å². The molecule has 0 radical (unpaired) electrons. The zero-order valence-electron chi connectivity index (χ0n) is 12.3. The normalized spacial score (nSPS) is 11.5. The van der Waals surface area contributed by atoms with Crippen molar-refractivity contribution in [2.24, 2.45) is 0 Å². The number of ether oxygens (including phenoxy) is 1. The highest BCUT2D eigenvalue weighted by molar-refractivity contribution is 7.17. The molecule has 0 spiro atoms. The number of benzene rings is 1. The largest absolute Gasteiger partial charge is 0.496 e. The maximum absolute atomic E-state index is 13.2. The van der Waals surface area contributed by atoms with Gasteiger partial charge in [0.1, 0.15) is 5.75 Å². The van der Waals surface area contributed by atoms with E-state index in [-0.39, 0.29) is 16.7 Å². The van der Waals surface area contributed by atoms with Gasteiger partial charge in [0.05, 0.1) is 30.1 Å². The lowest BCUT2D eigenvalue weighted by atomic mass is 10.1. The maximum atomic E-state index is 13.2. The third-order valence-electron chi connectivity index (χ3n) is 3.37. The molecule has 2 aromatic heterocycles. The monoisotopic (exact) mass is 352 g/mol. The summed E-state index contributed by atoms with van der Waals surface area (Å²) in [7, 11) is 1.18. The number of carbonyl (C=O) groups excluding carboxylic acids is 1. The van der Waals surface area contributed by atoms with Crippen LogP contribution in [0.15, 0.2) is 42.0 Å². The van der Waals surface area contributed by atoms with E-state index in [1.165, 1.54) is 36.1 Å². The van der Waals surface area contributed by atoms with Crippen LogP contribution < -0.4 is 10.1 Å². The first kappa shape index (κ1) is 16.3. The molecule has 124 valence electrons. The average Bonchev–Trinajstić information content (AvgIpc) is 2.96. The van der Waals surface area contributed by atoms with Crippen LogP contribution in [0.3, 0.4) is 0 Å². The number of nitrogens with one attached hydrogen (secondary N) is 1. The molecule has 0 aliphatic rings. The highest BCUT2D eigenvalue weighted by Gasteiger charge is 2.35. The topological polar surface area (TPSA) is 51.2 Å². The Morgan fingerprint density at radius 1 is 1.33 bits per heavy atom. The lowest BCUT2D eigenvalue weighted by Crippen LogP contribution is -2.12. The molecule has 0 saturated carbocycles. The van der Waals surface area contributed by atoms with E-state index < -0.39 is 17.6 Å². The number of alkyl halides is 3. The number of thiophene rings is 1. The Morgan fingerprint density at radius 3 is 2.75 bits per heavy atom. The fourth-order valence-corrected chi connectivity index (χ4v) is 3.21. The summed E-state index contributed by atoms with van der Waals surface area (Å²) in [6.07, 6.45) is -1.56. The molecule has 0 saturated heterocycles. The zero-order chi connectivity index (χ0) is 17.3. The van der Waals surface area contributed by atoms with E-state index in [0.29, 0.717) is 10.4 Å². The molecule has 8 heteroatoms. The molecule has 0 fully saturated rings. The smallest absolute Gasteiger partial charge is 0.419 e. The van der Waals surface area contributed by atoms with E-state index in [0.717, 1.165) is 6.07 Å². The predicted molar refractivity (Wildman–Crippen MR) is 85.6 cm³/mol. The van der Waals surface area contributed by atoms with E-state index in [1.54, 1.807) is 18.3 Å². The van der Waals surface area contributed by atoms with Gasteiger partial charge < -0.3 is 10.1 Å². The molecule has 0 aliphatic heterocycles. The summed E-state index contributed by atoms with van der Waals surface area (Å²) >= 11 is 1.18. The van der Waals surface area contributed by atoms with Crippen molar-refractivity contribution in [3.63, 3.8) is 0 Å². The van der Waals surface area contributed by atoms with Crippen molar-refractivity contribution in [1.82, 2.24) is 4.98 Å². The van der Waals surface area contributed by atoms with E-state index >= 15 is 0 Å². The number of fused-ring (bicyclic) bond motifs is 1. The molecule has 3 rings (SSSR count). The fourth-order valence-electron chi connectivity index (χ4n) is 2.26. The Balaban J connectivity index is 2.05. The van der Waals surface area contributed by atoms with Crippen LogP contribution in [0.5, 0.6) is 5.75 Å². The van der Waals surface area contributed by atoms with Crippen molar-refractivity contribution in [2.75, 3.05) is 12.4 Å². The molecule has 1 N–H and O–H groups in total. The van der Waals surface area contributed by atoms with E-state index in [9.17, 15) is 18.0 Å². The summed E-state index contributed by atoms with van der Waals surface area (Å²) in [5.41, 5.74) is -0.273. The summed E-state index contributed by atoms with van der Waals surface area (Å²) in [6.45, 7) is 0. The number of hydrogen-bond acceptors (Lipinski definition) is 4.